The topological polar surface area (TPSA) is 65.2 Å². The van der Waals surface area contributed by atoms with Gasteiger partial charge in [-0.2, -0.15) is 5.26 Å². The number of imidazole rings is 1. The van der Waals surface area contributed by atoms with Crippen molar-refractivity contribution in [3.63, 3.8) is 0 Å². The number of carbonyl (C=O) groups excluding carboxylic acids is 1. The maximum Gasteiger partial charge on any atom is 0.242 e. The Morgan fingerprint density at radius 1 is 1.33 bits per heavy atom. The molecule has 1 aliphatic rings. The summed E-state index contributed by atoms with van der Waals surface area (Å²) in [6.07, 6.45) is 3.46. The van der Waals surface area contributed by atoms with Gasteiger partial charge in [0.05, 0.1) is 5.69 Å². The highest BCUT2D eigenvalue weighted by molar-refractivity contribution is 5.76. The van der Waals surface area contributed by atoms with Crippen molar-refractivity contribution in [2.75, 3.05) is 31.1 Å². The number of amides is 1. The summed E-state index contributed by atoms with van der Waals surface area (Å²) in [5.74, 6) is 0.333. The Bertz CT molecular complexity index is 787. The van der Waals surface area contributed by atoms with Crippen molar-refractivity contribution < 1.29 is 9.18 Å². The van der Waals surface area contributed by atoms with Gasteiger partial charge in [0, 0.05) is 38.6 Å². The molecule has 0 bridgehead atoms. The molecule has 0 unspecified atom stereocenters. The van der Waals surface area contributed by atoms with Gasteiger partial charge in [-0.05, 0) is 19.1 Å². The Balaban J connectivity index is 1.64. The molecule has 0 radical (unpaired) electrons. The van der Waals surface area contributed by atoms with E-state index in [4.69, 9.17) is 5.26 Å². The van der Waals surface area contributed by atoms with E-state index in [0.29, 0.717) is 31.9 Å². The summed E-state index contributed by atoms with van der Waals surface area (Å²) >= 11 is 0. The fourth-order valence-corrected chi connectivity index (χ4v) is 2.90. The van der Waals surface area contributed by atoms with Crippen molar-refractivity contribution in [2.45, 2.75) is 13.5 Å². The first-order valence-electron chi connectivity index (χ1n) is 7.79. The second kappa shape index (κ2) is 6.71. The molecule has 0 spiro atoms. The average molecular weight is 327 g/mol. The van der Waals surface area contributed by atoms with Gasteiger partial charge in [0.25, 0.3) is 0 Å². The molecule has 2 heterocycles. The van der Waals surface area contributed by atoms with Gasteiger partial charge in [-0.1, -0.05) is 6.07 Å². The molecule has 124 valence electrons. The molecule has 0 saturated carbocycles. The van der Waals surface area contributed by atoms with E-state index in [1.165, 1.54) is 6.07 Å². The summed E-state index contributed by atoms with van der Waals surface area (Å²) < 4.78 is 15.6. The Kier molecular flexibility index (Phi) is 4.47. The molecule has 0 atom stereocenters. The normalized spacial score (nSPS) is 14.5. The highest BCUT2D eigenvalue weighted by Gasteiger charge is 2.23. The fourth-order valence-electron chi connectivity index (χ4n) is 2.90. The third-order valence-electron chi connectivity index (χ3n) is 4.31. The van der Waals surface area contributed by atoms with Crippen molar-refractivity contribution in [2.24, 2.45) is 0 Å². The van der Waals surface area contributed by atoms with E-state index in [1.807, 2.05) is 22.5 Å². The number of aromatic nitrogens is 2. The molecule has 2 aromatic rings. The molecular weight excluding hydrogens is 309 g/mol. The maximum atomic E-state index is 13.7. The van der Waals surface area contributed by atoms with Gasteiger partial charge in [-0.25, -0.2) is 9.37 Å². The smallest absolute Gasteiger partial charge is 0.242 e. The number of anilines is 1. The van der Waals surface area contributed by atoms with E-state index in [1.54, 1.807) is 29.4 Å². The monoisotopic (exact) mass is 327 g/mol. The third-order valence-corrected chi connectivity index (χ3v) is 4.31. The lowest BCUT2D eigenvalue weighted by molar-refractivity contribution is -0.132. The van der Waals surface area contributed by atoms with Crippen molar-refractivity contribution in [3.8, 4) is 6.07 Å². The van der Waals surface area contributed by atoms with Crippen LogP contribution >= 0.6 is 0 Å². The second-order valence-corrected chi connectivity index (χ2v) is 5.72. The van der Waals surface area contributed by atoms with Crippen LogP contribution in [0.5, 0.6) is 0 Å². The van der Waals surface area contributed by atoms with Gasteiger partial charge in [0.1, 0.15) is 29.8 Å². The SMILES string of the molecule is Cc1nccn1CC(=O)N1CCN(c2cccc(F)c2C#N)CC1. The number of nitriles is 1. The standard InChI is InChI=1S/C17H18FN5O/c1-13-20-5-6-23(13)12-17(24)22-9-7-21(8-10-22)16-4-2-3-15(18)14(16)11-19/h2-6H,7-10,12H2,1H3. The molecule has 7 heteroatoms. The second-order valence-electron chi connectivity index (χ2n) is 5.72. The Morgan fingerprint density at radius 2 is 2.08 bits per heavy atom. The van der Waals surface area contributed by atoms with Crippen LogP contribution in [0.25, 0.3) is 0 Å². The molecule has 0 N–H and O–H groups in total. The third kappa shape index (κ3) is 3.08. The van der Waals surface area contributed by atoms with Gasteiger partial charge in [0.15, 0.2) is 0 Å². The molecule has 1 aromatic heterocycles. The number of aryl methyl sites for hydroxylation is 1. The summed E-state index contributed by atoms with van der Waals surface area (Å²) in [6.45, 7) is 4.38. The predicted molar refractivity (Wildman–Crippen MR) is 86.9 cm³/mol. The molecule has 3 rings (SSSR count). The molecule has 1 amide bonds. The number of carbonyl (C=O) groups is 1. The lowest BCUT2D eigenvalue weighted by Gasteiger charge is -2.36. The zero-order chi connectivity index (χ0) is 17.1. The van der Waals surface area contributed by atoms with Gasteiger partial charge < -0.3 is 14.4 Å². The lowest BCUT2D eigenvalue weighted by Crippen LogP contribution is -2.49. The molecular formula is C17H18FN5O. The number of piperazine rings is 1. The number of hydrogen-bond donors (Lipinski definition) is 0. The molecule has 24 heavy (non-hydrogen) atoms. The minimum Gasteiger partial charge on any atom is -0.367 e. The molecule has 0 aliphatic carbocycles. The Hall–Kier alpha value is -2.88. The molecule has 1 fully saturated rings. The Morgan fingerprint density at radius 3 is 2.71 bits per heavy atom. The molecule has 1 aromatic carbocycles. The number of benzene rings is 1. The van der Waals surface area contributed by atoms with Crippen LogP contribution in [0.3, 0.4) is 0 Å². The number of hydrogen-bond acceptors (Lipinski definition) is 4. The van der Waals surface area contributed by atoms with E-state index in [0.717, 1.165) is 5.82 Å². The largest absolute Gasteiger partial charge is 0.367 e. The number of halogens is 1. The van der Waals surface area contributed by atoms with Gasteiger partial charge in [-0.15, -0.1) is 0 Å². The summed E-state index contributed by atoms with van der Waals surface area (Å²) in [5.41, 5.74) is 0.654. The van der Waals surface area contributed by atoms with E-state index < -0.39 is 5.82 Å². The van der Waals surface area contributed by atoms with Crippen LogP contribution < -0.4 is 4.90 Å². The van der Waals surface area contributed by atoms with Crippen LogP contribution in [-0.2, 0) is 11.3 Å². The minimum absolute atomic E-state index is 0.0375. The van der Waals surface area contributed by atoms with Crippen molar-refractivity contribution in [1.29, 1.82) is 5.26 Å². The van der Waals surface area contributed by atoms with Crippen LogP contribution in [0.1, 0.15) is 11.4 Å². The summed E-state index contributed by atoms with van der Waals surface area (Å²) in [4.78, 5) is 20.2. The van der Waals surface area contributed by atoms with E-state index >= 15 is 0 Å². The van der Waals surface area contributed by atoms with E-state index in [9.17, 15) is 9.18 Å². The van der Waals surface area contributed by atoms with Gasteiger partial charge >= 0.3 is 0 Å². The van der Waals surface area contributed by atoms with E-state index in [2.05, 4.69) is 4.98 Å². The molecule has 1 aliphatic heterocycles. The summed E-state index contributed by atoms with van der Waals surface area (Å²) in [6, 6.07) is 6.56. The highest BCUT2D eigenvalue weighted by Crippen LogP contribution is 2.23. The average Bonchev–Trinajstić information content (AvgIpc) is 2.99. The van der Waals surface area contributed by atoms with Crippen LogP contribution in [0.15, 0.2) is 30.6 Å². The van der Waals surface area contributed by atoms with Crippen LogP contribution in [-0.4, -0.2) is 46.5 Å². The van der Waals surface area contributed by atoms with Crippen molar-refractivity contribution in [1.82, 2.24) is 14.5 Å². The van der Waals surface area contributed by atoms with Gasteiger partial charge in [0.2, 0.25) is 5.91 Å². The zero-order valence-corrected chi connectivity index (χ0v) is 13.4. The zero-order valence-electron chi connectivity index (χ0n) is 13.4. The van der Waals surface area contributed by atoms with Crippen molar-refractivity contribution in [3.05, 3.63) is 47.8 Å². The fraction of sp³-hybridized carbons (Fsp3) is 0.353. The first-order chi connectivity index (χ1) is 11.6. The Labute approximate surface area is 139 Å². The minimum atomic E-state index is -0.510. The number of nitrogens with zero attached hydrogens (tertiary/aromatic N) is 5. The first kappa shape index (κ1) is 16.0. The van der Waals surface area contributed by atoms with Crippen LogP contribution in [0.2, 0.25) is 0 Å². The quantitative estimate of drug-likeness (QED) is 0.858. The maximum absolute atomic E-state index is 13.7. The molecule has 1 saturated heterocycles. The molecule has 6 nitrogen and oxygen atoms in total. The van der Waals surface area contributed by atoms with Crippen LogP contribution in [0.4, 0.5) is 10.1 Å². The highest BCUT2D eigenvalue weighted by atomic mass is 19.1. The van der Waals surface area contributed by atoms with Crippen LogP contribution in [0, 0.1) is 24.1 Å². The summed E-state index contributed by atoms with van der Waals surface area (Å²) in [7, 11) is 0. The predicted octanol–water partition coefficient (Wildman–Crippen LogP) is 1.55. The van der Waals surface area contributed by atoms with E-state index in [-0.39, 0.29) is 18.0 Å². The number of rotatable bonds is 3. The lowest BCUT2D eigenvalue weighted by atomic mass is 10.1. The first-order valence-corrected chi connectivity index (χ1v) is 7.79. The van der Waals surface area contributed by atoms with Crippen molar-refractivity contribution >= 4 is 11.6 Å². The van der Waals surface area contributed by atoms with Gasteiger partial charge in [-0.3, -0.25) is 4.79 Å². The summed E-state index contributed by atoms with van der Waals surface area (Å²) in [5, 5.41) is 9.15.